The van der Waals surface area contributed by atoms with Crippen LogP contribution in [0.2, 0.25) is 5.02 Å². The SMILES string of the molecule is CNC(C)c1ccc(N2CCN(C(C)=O)CC2)cc1Cl. The molecule has 1 fully saturated rings. The van der Waals surface area contributed by atoms with Crippen molar-refractivity contribution in [2.24, 2.45) is 0 Å². The van der Waals surface area contributed by atoms with Gasteiger partial charge in [0, 0.05) is 49.9 Å². The number of benzene rings is 1. The predicted molar refractivity (Wildman–Crippen MR) is 83.4 cm³/mol. The first kappa shape index (κ1) is 15.1. The van der Waals surface area contributed by atoms with Crippen LogP contribution in [0.4, 0.5) is 5.69 Å². The second kappa shape index (κ2) is 6.46. The minimum atomic E-state index is 0.154. The molecule has 1 heterocycles. The molecule has 0 spiro atoms. The predicted octanol–water partition coefficient (Wildman–Crippen LogP) is 2.29. The van der Waals surface area contributed by atoms with Crippen molar-refractivity contribution in [1.29, 1.82) is 0 Å². The van der Waals surface area contributed by atoms with Crippen molar-refractivity contribution in [3.8, 4) is 0 Å². The zero-order valence-electron chi connectivity index (χ0n) is 12.3. The summed E-state index contributed by atoms with van der Waals surface area (Å²) in [5.41, 5.74) is 2.24. The van der Waals surface area contributed by atoms with Crippen LogP contribution in [-0.4, -0.2) is 44.0 Å². The molecular formula is C15H22ClN3O. The highest BCUT2D eigenvalue weighted by Gasteiger charge is 2.19. The number of nitrogens with one attached hydrogen (secondary N) is 1. The number of amides is 1. The molecule has 5 heteroatoms. The Labute approximate surface area is 125 Å². The lowest BCUT2D eigenvalue weighted by atomic mass is 10.1. The van der Waals surface area contributed by atoms with E-state index in [4.69, 9.17) is 11.6 Å². The Hall–Kier alpha value is -1.26. The summed E-state index contributed by atoms with van der Waals surface area (Å²) >= 11 is 6.37. The lowest BCUT2D eigenvalue weighted by molar-refractivity contribution is -0.129. The molecule has 110 valence electrons. The van der Waals surface area contributed by atoms with Gasteiger partial charge in [0.25, 0.3) is 0 Å². The molecule has 2 rings (SSSR count). The minimum absolute atomic E-state index is 0.154. The molecule has 0 bridgehead atoms. The Kier molecular flexibility index (Phi) is 4.89. The molecule has 0 radical (unpaired) electrons. The van der Waals surface area contributed by atoms with Gasteiger partial charge >= 0.3 is 0 Å². The molecule has 0 aliphatic carbocycles. The van der Waals surface area contributed by atoms with Gasteiger partial charge in [0.05, 0.1) is 0 Å². The highest BCUT2D eigenvalue weighted by atomic mass is 35.5. The third-order valence-corrected chi connectivity index (χ3v) is 4.30. The summed E-state index contributed by atoms with van der Waals surface area (Å²) < 4.78 is 0. The Balaban J connectivity index is 2.07. The molecule has 1 amide bonds. The van der Waals surface area contributed by atoms with Crippen molar-refractivity contribution in [3.05, 3.63) is 28.8 Å². The number of nitrogens with zero attached hydrogens (tertiary/aromatic N) is 2. The van der Waals surface area contributed by atoms with Crippen LogP contribution in [0.5, 0.6) is 0 Å². The van der Waals surface area contributed by atoms with E-state index in [9.17, 15) is 4.79 Å². The Morgan fingerprint density at radius 3 is 2.45 bits per heavy atom. The highest BCUT2D eigenvalue weighted by molar-refractivity contribution is 6.31. The van der Waals surface area contributed by atoms with E-state index >= 15 is 0 Å². The third kappa shape index (κ3) is 3.25. The average Bonchev–Trinajstić information content (AvgIpc) is 2.46. The standard InChI is InChI=1S/C15H22ClN3O/c1-11(17-3)14-5-4-13(10-15(14)16)19-8-6-18(7-9-19)12(2)20/h4-5,10-11,17H,6-9H2,1-3H3. The molecule has 1 aliphatic heterocycles. The van der Waals surface area contributed by atoms with Crippen LogP contribution in [0.3, 0.4) is 0 Å². The molecule has 4 nitrogen and oxygen atoms in total. The molecule has 1 saturated heterocycles. The lowest BCUT2D eigenvalue weighted by Crippen LogP contribution is -2.48. The molecule has 1 aromatic rings. The van der Waals surface area contributed by atoms with Crippen LogP contribution < -0.4 is 10.2 Å². The summed E-state index contributed by atoms with van der Waals surface area (Å²) in [4.78, 5) is 15.5. The van der Waals surface area contributed by atoms with Crippen LogP contribution in [0.1, 0.15) is 25.5 Å². The topological polar surface area (TPSA) is 35.6 Å². The maximum atomic E-state index is 11.3. The van der Waals surface area contributed by atoms with Gasteiger partial charge in [-0.25, -0.2) is 0 Å². The summed E-state index contributed by atoms with van der Waals surface area (Å²) in [6.07, 6.45) is 0. The molecule has 20 heavy (non-hydrogen) atoms. The van der Waals surface area contributed by atoms with Crippen LogP contribution >= 0.6 is 11.6 Å². The summed E-state index contributed by atoms with van der Waals surface area (Å²) in [5, 5.41) is 3.99. The number of rotatable bonds is 3. The molecule has 1 aromatic carbocycles. The molecule has 1 N–H and O–H groups in total. The smallest absolute Gasteiger partial charge is 0.219 e. The van der Waals surface area contributed by atoms with E-state index in [1.807, 2.05) is 18.0 Å². The van der Waals surface area contributed by atoms with Crippen molar-refractivity contribution in [3.63, 3.8) is 0 Å². The summed E-state index contributed by atoms with van der Waals surface area (Å²) in [6, 6.07) is 6.45. The van der Waals surface area contributed by atoms with Gasteiger partial charge in [-0.2, -0.15) is 0 Å². The lowest BCUT2D eigenvalue weighted by Gasteiger charge is -2.35. The van der Waals surface area contributed by atoms with E-state index in [0.717, 1.165) is 42.5 Å². The second-order valence-electron chi connectivity index (χ2n) is 5.21. The zero-order chi connectivity index (χ0) is 14.7. The fourth-order valence-corrected chi connectivity index (χ4v) is 2.84. The summed E-state index contributed by atoms with van der Waals surface area (Å²) in [5.74, 6) is 0.154. The minimum Gasteiger partial charge on any atom is -0.368 e. The quantitative estimate of drug-likeness (QED) is 0.929. The van der Waals surface area contributed by atoms with Crippen LogP contribution in [0.15, 0.2) is 18.2 Å². The fourth-order valence-electron chi connectivity index (χ4n) is 2.50. The molecule has 1 atom stereocenters. The third-order valence-electron chi connectivity index (χ3n) is 3.97. The van der Waals surface area contributed by atoms with E-state index in [2.05, 4.69) is 29.3 Å². The van der Waals surface area contributed by atoms with Crippen molar-refractivity contribution >= 4 is 23.2 Å². The van der Waals surface area contributed by atoms with Gasteiger partial charge < -0.3 is 15.1 Å². The van der Waals surface area contributed by atoms with Crippen molar-refractivity contribution in [2.75, 3.05) is 38.1 Å². The van der Waals surface area contributed by atoms with Gasteiger partial charge in [-0.15, -0.1) is 0 Å². The molecule has 0 aromatic heterocycles. The first-order valence-corrected chi connectivity index (χ1v) is 7.38. The molecular weight excluding hydrogens is 274 g/mol. The largest absolute Gasteiger partial charge is 0.368 e. The van der Waals surface area contributed by atoms with E-state index in [-0.39, 0.29) is 11.9 Å². The normalized spacial score (nSPS) is 17.2. The first-order chi connectivity index (χ1) is 9.52. The van der Waals surface area contributed by atoms with Gasteiger partial charge in [0.1, 0.15) is 0 Å². The van der Waals surface area contributed by atoms with Gasteiger partial charge in [-0.3, -0.25) is 4.79 Å². The van der Waals surface area contributed by atoms with E-state index < -0.39 is 0 Å². The number of anilines is 1. The monoisotopic (exact) mass is 295 g/mol. The number of hydrogen-bond acceptors (Lipinski definition) is 3. The summed E-state index contributed by atoms with van der Waals surface area (Å²) in [6.45, 7) is 6.99. The van der Waals surface area contributed by atoms with E-state index in [1.54, 1.807) is 6.92 Å². The van der Waals surface area contributed by atoms with Gasteiger partial charge in [-0.1, -0.05) is 17.7 Å². The average molecular weight is 296 g/mol. The Morgan fingerprint density at radius 2 is 1.95 bits per heavy atom. The number of hydrogen-bond donors (Lipinski definition) is 1. The number of carbonyl (C=O) groups excluding carboxylic acids is 1. The number of halogens is 1. The number of piperazine rings is 1. The summed E-state index contributed by atoms with van der Waals surface area (Å²) in [7, 11) is 1.93. The Bertz CT molecular complexity index is 484. The number of carbonyl (C=O) groups is 1. The second-order valence-corrected chi connectivity index (χ2v) is 5.62. The van der Waals surface area contributed by atoms with E-state index in [1.165, 1.54) is 0 Å². The van der Waals surface area contributed by atoms with Gasteiger partial charge in [0.15, 0.2) is 0 Å². The zero-order valence-corrected chi connectivity index (χ0v) is 13.1. The molecule has 0 saturated carbocycles. The maximum Gasteiger partial charge on any atom is 0.219 e. The Morgan fingerprint density at radius 1 is 1.30 bits per heavy atom. The fraction of sp³-hybridized carbons (Fsp3) is 0.533. The maximum absolute atomic E-state index is 11.3. The van der Waals surface area contributed by atoms with Gasteiger partial charge in [0.2, 0.25) is 5.91 Å². The van der Waals surface area contributed by atoms with Crippen LogP contribution in [0.25, 0.3) is 0 Å². The van der Waals surface area contributed by atoms with Crippen molar-refractivity contribution < 1.29 is 4.79 Å². The highest BCUT2D eigenvalue weighted by Crippen LogP contribution is 2.28. The van der Waals surface area contributed by atoms with Crippen molar-refractivity contribution in [1.82, 2.24) is 10.2 Å². The first-order valence-electron chi connectivity index (χ1n) is 7.00. The van der Waals surface area contributed by atoms with Gasteiger partial charge in [-0.05, 0) is 31.7 Å². The van der Waals surface area contributed by atoms with Crippen LogP contribution in [0, 0.1) is 0 Å². The molecule has 1 aliphatic rings. The van der Waals surface area contributed by atoms with E-state index in [0.29, 0.717) is 0 Å². The van der Waals surface area contributed by atoms with Crippen molar-refractivity contribution in [2.45, 2.75) is 19.9 Å². The van der Waals surface area contributed by atoms with Crippen LogP contribution in [-0.2, 0) is 4.79 Å². The molecule has 1 unspecified atom stereocenters.